The number of carboxylic acids is 1. The van der Waals surface area contributed by atoms with Crippen LogP contribution in [0.1, 0.15) is 25.3 Å². The summed E-state index contributed by atoms with van der Waals surface area (Å²) in [5.41, 5.74) is 0.304. The summed E-state index contributed by atoms with van der Waals surface area (Å²) in [6, 6.07) is 5.05. The van der Waals surface area contributed by atoms with E-state index in [0.29, 0.717) is 5.56 Å². The zero-order chi connectivity index (χ0) is 12.1. The van der Waals surface area contributed by atoms with Gasteiger partial charge in [0, 0.05) is 5.92 Å². The molecule has 1 aliphatic carbocycles. The van der Waals surface area contributed by atoms with Crippen LogP contribution in [-0.4, -0.2) is 16.2 Å². The number of para-hydroxylation sites is 1. The third kappa shape index (κ3) is 1.47. The summed E-state index contributed by atoms with van der Waals surface area (Å²) >= 11 is 5.81. The number of benzene rings is 1. The number of halogens is 1. The summed E-state index contributed by atoms with van der Waals surface area (Å²) in [6.45, 7) is 3.77. The number of phenolic OH excluding ortho intramolecular Hbond substituents is 1. The molecule has 1 fully saturated rings. The average Bonchev–Trinajstić information content (AvgIpc) is 2.74. The quantitative estimate of drug-likeness (QED) is 0.836. The van der Waals surface area contributed by atoms with Crippen LogP contribution >= 0.6 is 11.6 Å². The second kappa shape index (κ2) is 3.39. The molecule has 1 aromatic carbocycles. The van der Waals surface area contributed by atoms with Gasteiger partial charge in [0.1, 0.15) is 5.75 Å². The first-order valence-corrected chi connectivity index (χ1v) is 5.45. The molecule has 0 bridgehead atoms. The summed E-state index contributed by atoms with van der Waals surface area (Å²) in [5, 5.41) is 19.1. The van der Waals surface area contributed by atoms with E-state index in [-0.39, 0.29) is 22.1 Å². The second-order valence-electron chi connectivity index (χ2n) is 4.79. The van der Waals surface area contributed by atoms with Crippen LogP contribution in [0.3, 0.4) is 0 Å². The third-order valence-electron chi connectivity index (χ3n) is 3.45. The number of carbonyl (C=O) groups is 1. The standard InChI is InChI=1S/C12H13ClO3/c1-12(2)8(9(12)11(15)16)6-4-3-5-7(13)10(6)14/h3-5,8-9,14H,1-2H3,(H,15,16). The van der Waals surface area contributed by atoms with E-state index in [9.17, 15) is 9.90 Å². The number of hydrogen-bond acceptors (Lipinski definition) is 2. The molecule has 2 N–H and O–H groups in total. The highest BCUT2D eigenvalue weighted by atomic mass is 35.5. The second-order valence-corrected chi connectivity index (χ2v) is 5.20. The summed E-state index contributed by atoms with van der Waals surface area (Å²) in [6.07, 6.45) is 0. The number of aromatic hydroxyl groups is 1. The van der Waals surface area contributed by atoms with Gasteiger partial charge in [-0.25, -0.2) is 0 Å². The molecule has 2 unspecified atom stereocenters. The monoisotopic (exact) mass is 240 g/mol. The zero-order valence-corrected chi connectivity index (χ0v) is 9.82. The van der Waals surface area contributed by atoms with Crippen molar-refractivity contribution in [1.82, 2.24) is 0 Å². The van der Waals surface area contributed by atoms with Gasteiger partial charge >= 0.3 is 5.97 Å². The smallest absolute Gasteiger partial charge is 0.307 e. The maximum Gasteiger partial charge on any atom is 0.307 e. The van der Waals surface area contributed by atoms with E-state index in [1.54, 1.807) is 18.2 Å². The lowest BCUT2D eigenvalue weighted by Crippen LogP contribution is -2.03. The molecule has 1 saturated carbocycles. The Morgan fingerprint density at radius 2 is 2.06 bits per heavy atom. The molecule has 16 heavy (non-hydrogen) atoms. The van der Waals surface area contributed by atoms with E-state index >= 15 is 0 Å². The molecule has 3 nitrogen and oxygen atoms in total. The van der Waals surface area contributed by atoms with Crippen LogP contribution in [0.4, 0.5) is 0 Å². The molecule has 0 heterocycles. The Kier molecular flexibility index (Phi) is 2.39. The van der Waals surface area contributed by atoms with E-state index in [4.69, 9.17) is 16.7 Å². The fourth-order valence-electron chi connectivity index (χ4n) is 2.46. The molecule has 86 valence electrons. The molecular weight excluding hydrogens is 228 g/mol. The van der Waals surface area contributed by atoms with Crippen LogP contribution in [0.25, 0.3) is 0 Å². The summed E-state index contributed by atoms with van der Waals surface area (Å²) < 4.78 is 0. The van der Waals surface area contributed by atoms with Crippen molar-refractivity contribution in [3.05, 3.63) is 28.8 Å². The van der Waals surface area contributed by atoms with Crippen LogP contribution < -0.4 is 0 Å². The molecule has 2 rings (SSSR count). The van der Waals surface area contributed by atoms with Gasteiger partial charge in [-0.2, -0.15) is 0 Å². The maximum atomic E-state index is 11.0. The molecule has 1 aliphatic rings. The summed E-state index contributed by atoms with van der Waals surface area (Å²) in [5.74, 6) is -1.43. The van der Waals surface area contributed by atoms with Gasteiger partial charge in [0.2, 0.25) is 0 Å². The minimum atomic E-state index is -0.825. The van der Waals surface area contributed by atoms with Gasteiger partial charge in [0.25, 0.3) is 0 Å². The van der Waals surface area contributed by atoms with Crippen LogP contribution in [-0.2, 0) is 4.79 Å². The highest BCUT2D eigenvalue weighted by molar-refractivity contribution is 6.32. The van der Waals surface area contributed by atoms with Crippen molar-refractivity contribution in [1.29, 1.82) is 0 Å². The highest BCUT2D eigenvalue weighted by Crippen LogP contribution is 2.66. The zero-order valence-electron chi connectivity index (χ0n) is 9.07. The van der Waals surface area contributed by atoms with Crippen molar-refractivity contribution in [2.24, 2.45) is 11.3 Å². The Hall–Kier alpha value is -1.22. The topological polar surface area (TPSA) is 57.5 Å². The van der Waals surface area contributed by atoms with Crippen molar-refractivity contribution >= 4 is 17.6 Å². The molecule has 0 amide bonds. The van der Waals surface area contributed by atoms with E-state index in [1.807, 2.05) is 13.8 Å². The third-order valence-corrected chi connectivity index (χ3v) is 3.75. The molecular formula is C12H13ClO3. The van der Waals surface area contributed by atoms with Crippen LogP contribution in [0.15, 0.2) is 18.2 Å². The van der Waals surface area contributed by atoms with Gasteiger partial charge in [-0.3, -0.25) is 4.79 Å². The molecule has 4 heteroatoms. The molecule has 0 saturated heterocycles. The Morgan fingerprint density at radius 3 is 2.56 bits per heavy atom. The number of aliphatic carboxylic acids is 1. The fourth-order valence-corrected chi connectivity index (χ4v) is 2.64. The van der Waals surface area contributed by atoms with E-state index in [0.717, 1.165) is 0 Å². The predicted octanol–water partition coefficient (Wildman–Crippen LogP) is 2.87. The molecule has 0 spiro atoms. The molecule has 0 aliphatic heterocycles. The van der Waals surface area contributed by atoms with E-state index < -0.39 is 11.9 Å². The largest absolute Gasteiger partial charge is 0.506 e. The maximum absolute atomic E-state index is 11.0. The van der Waals surface area contributed by atoms with Gasteiger partial charge in [0.05, 0.1) is 10.9 Å². The minimum Gasteiger partial charge on any atom is -0.506 e. The first-order chi connectivity index (χ1) is 7.37. The van der Waals surface area contributed by atoms with Crippen molar-refractivity contribution in [3.8, 4) is 5.75 Å². The average molecular weight is 241 g/mol. The van der Waals surface area contributed by atoms with Gasteiger partial charge in [-0.1, -0.05) is 37.6 Å². The SMILES string of the molecule is CC1(C)C(C(=O)O)C1c1cccc(Cl)c1O. The molecule has 0 radical (unpaired) electrons. The van der Waals surface area contributed by atoms with Crippen LogP contribution in [0.5, 0.6) is 5.75 Å². The minimum absolute atomic E-state index is 0.00555. The lowest BCUT2D eigenvalue weighted by atomic mass is 10.0. The lowest BCUT2D eigenvalue weighted by Gasteiger charge is -2.06. The van der Waals surface area contributed by atoms with Crippen molar-refractivity contribution in [3.63, 3.8) is 0 Å². The summed E-state index contributed by atoms with van der Waals surface area (Å²) in [4.78, 5) is 11.0. The normalized spacial score (nSPS) is 26.4. The fraction of sp³-hybridized carbons (Fsp3) is 0.417. The molecule has 0 aromatic heterocycles. The van der Waals surface area contributed by atoms with Crippen LogP contribution in [0, 0.1) is 11.3 Å². The van der Waals surface area contributed by atoms with Gasteiger partial charge < -0.3 is 10.2 Å². The van der Waals surface area contributed by atoms with Crippen molar-refractivity contribution in [2.75, 3.05) is 0 Å². The van der Waals surface area contributed by atoms with E-state index in [1.165, 1.54) is 0 Å². The Labute approximate surface area is 98.7 Å². The molecule has 1 aromatic rings. The number of rotatable bonds is 2. The summed E-state index contributed by atoms with van der Waals surface area (Å²) in [7, 11) is 0. The lowest BCUT2D eigenvalue weighted by molar-refractivity contribution is -0.139. The Bertz CT molecular complexity index is 454. The number of hydrogen-bond donors (Lipinski definition) is 2. The van der Waals surface area contributed by atoms with Crippen molar-refractivity contribution < 1.29 is 15.0 Å². The van der Waals surface area contributed by atoms with Crippen LogP contribution in [0.2, 0.25) is 5.02 Å². The number of phenols is 1. The Morgan fingerprint density at radius 1 is 1.44 bits per heavy atom. The van der Waals surface area contributed by atoms with Gasteiger partial charge in [-0.05, 0) is 17.0 Å². The van der Waals surface area contributed by atoms with Crippen molar-refractivity contribution in [2.45, 2.75) is 19.8 Å². The highest BCUT2D eigenvalue weighted by Gasteiger charge is 2.63. The first-order valence-electron chi connectivity index (χ1n) is 5.07. The van der Waals surface area contributed by atoms with Gasteiger partial charge in [0.15, 0.2) is 0 Å². The predicted molar refractivity (Wildman–Crippen MR) is 60.8 cm³/mol. The van der Waals surface area contributed by atoms with E-state index in [2.05, 4.69) is 0 Å². The van der Waals surface area contributed by atoms with Gasteiger partial charge in [-0.15, -0.1) is 0 Å². The Balaban J connectivity index is 2.41. The number of carboxylic acid groups (broad SMARTS) is 1. The first kappa shape index (κ1) is 11.3. The molecule has 2 atom stereocenters.